The summed E-state index contributed by atoms with van der Waals surface area (Å²) < 4.78 is 6.61. The molecule has 2 aromatic heterocycles. The summed E-state index contributed by atoms with van der Waals surface area (Å²) in [7, 11) is 0. The van der Waals surface area contributed by atoms with Gasteiger partial charge in [0.05, 0.1) is 33.7 Å². The van der Waals surface area contributed by atoms with Crippen LogP contribution in [0, 0.1) is 6.92 Å². The van der Waals surface area contributed by atoms with Crippen molar-refractivity contribution < 1.29 is 19.1 Å². The number of hydrogen-bond acceptors (Lipinski definition) is 8. The van der Waals surface area contributed by atoms with Gasteiger partial charge in [0.2, 0.25) is 5.91 Å². The second kappa shape index (κ2) is 10.2. The van der Waals surface area contributed by atoms with E-state index in [0.717, 1.165) is 23.1 Å². The van der Waals surface area contributed by atoms with Gasteiger partial charge in [-0.3, -0.25) is 19.0 Å². The smallest absolute Gasteiger partial charge is 0.341 e. The molecule has 3 rings (SSSR count). The van der Waals surface area contributed by atoms with Crippen molar-refractivity contribution in [3.8, 4) is 0 Å². The highest BCUT2D eigenvalue weighted by Gasteiger charge is 2.26. The molecule has 0 aliphatic heterocycles. The minimum atomic E-state index is -0.695. The molecule has 9 nitrogen and oxygen atoms in total. The van der Waals surface area contributed by atoms with E-state index in [9.17, 15) is 19.2 Å². The first kappa shape index (κ1) is 24.5. The zero-order chi connectivity index (χ0) is 24.3. The summed E-state index contributed by atoms with van der Waals surface area (Å²) >= 11 is 2.03. The standard InChI is InChI=1S/C22H24N4O5S2/c1-5-31-21(30)16-12(4)17(18(23)28)33-19(16)25-15(27)10-32-22-24-14-9-7-6-8-13(14)20(29)26(22)11(2)3/h6-9,11H,5,10H2,1-4H3,(H2,23,28)(H,25,27). The van der Waals surface area contributed by atoms with Crippen LogP contribution in [0.5, 0.6) is 0 Å². The monoisotopic (exact) mass is 488 g/mol. The highest BCUT2D eigenvalue weighted by Crippen LogP contribution is 2.34. The number of amides is 2. The Bertz CT molecular complexity index is 1300. The Kier molecular flexibility index (Phi) is 7.54. The van der Waals surface area contributed by atoms with E-state index >= 15 is 0 Å². The van der Waals surface area contributed by atoms with Crippen LogP contribution in [0.3, 0.4) is 0 Å². The molecule has 2 heterocycles. The number of nitrogens with zero attached hydrogens (tertiary/aromatic N) is 2. The van der Waals surface area contributed by atoms with Crippen LogP contribution in [-0.2, 0) is 9.53 Å². The van der Waals surface area contributed by atoms with Crippen LogP contribution in [0.15, 0.2) is 34.2 Å². The predicted molar refractivity (Wildman–Crippen MR) is 129 cm³/mol. The molecule has 11 heteroatoms. The van der Waals surface area contributed by atoms with Gasteiger partial charge in [0, 0.05) is 6.04 Å². The molecule has 33 heavy (non-hydrogen) atoms. The molecule has 3 N–H and O–H groups in total. The van der Waals surface area contributed by atoms with Gasteiger partial charge in [-0.25, -0.2) is 9.78 Å². The van der Waals surface area contributed by atoms with Crippen LogP contribution in [-0.4, -0.2) is 39.7 Å². The largest absolute Gasteiger partial charge is 0.462 e. The number of thioether (sulfide) groups is 1. The van der Waals surface area contributed by atoms with E-state index in [4.69, 9.17) is 10.5 Å². The lowest BCUT2D eigenvalue weighted by atomic mass is 10.1. The lowest BCUT2D eigenvalue weighted by Crippen LogP contribution is -2.25. The Morgan fingerprint density at radius 1 is 1.27 bits per heavy atom. The average Bonchev–Trinajstić information content (AvgIpc) is 3.08. The number of carbonyl (C=O) groups excluding carboxylic acids is 3. The summed E-state index contributed by atoms with van der Waals surface area (Å²) in [6.45, 7) is 7.12. The molecule has 0 saturated carbocycles. The molecule has 0 atom stereocenters. The van der Waals surface area contributed by atoms with Crippen molar-refractivity contribution in [3.63, 3.8) is 0 Å². The van der Waals surface area contributed by atoms with Crippen molar-refractivity contribution in [2.24, 2.45) is 5.73 Å². The number of primary amides is 1. The van der Waals surface area contributed by atoms with Gasteiger partial charge in [-0.05, 0) is 45.4 Å². The highest BCUT2D eigenvalue weighted by atomic mass is 32.2. The summed E-state index contributed by atoms with van der Waals surface area (Å²) in [5.41, 5.74) is 6.24. The topological polar surface area (TPSA) is 133 Å². The average molecular weight is 489 g/mol. The number of thiophene rings is 1. The van der Waals surface area contributed by atoms with E-state index in [-0.39, 0.29) is 39.4 Å². The molecule has 2 amide bonds. The SMILES string of the molecule is CCOC(=O)c1c(NC(=O)CSc2nc3ccccc3c(=O)n2C(C)C)sc(C(N)=O)c1C. The number of hydrogen-bond donors (Lipinski definition) is 2. The van der Waals surface area contributed by atoms with E-state index in [1.165, 1.54) is 0 Å². The molecular formula is C22H24N4O5S2. The van der Waals surface area contributed by atoms with Crippen molar-refractivity contribution in [1.29, 1.82) is 0 Å². The second-order valence-electron chi connectivity index (χ2n) is 7.36. The third kappa shape index (κ3) is 5.09. The minimum absolute atomic E-state index is 0.0668. The third-order valence-corrected chi connectivity index (χ3v) is 6.90. The van der Waals surface area contributed by atoms with E-state index in [0.29, 0.717) is 21.6 Å². The molecule has 1 aromatic carbocycles. The summed E-state index contributed by atoms with van der Waals surface area (Å²) in [6, 6.07) is 6.88. The fourth-order valence-corrected chi connectivity index (χ4v) is 5.25. The van der Waals surface area contributed by atoms with Gasteiger partial charge >= 0.3 is 5.97 Å². The molecule has 174 valence electrons. The Labute approximate surface area is 198 Å². The molecule has 3 aromatic rings. The molecule has 0 aliphatic carbocycles. The highest BCUT2D eigenvalue weighted by molar-refractivity contribution is 7.99. The number of carbonyl (C=O) groups is 3. The maximum atomic E-state index is 12.9. The van der Waals surface area contributed by atoms with Gasteiger partial charge in [-0.2, -0.15) is 0 Å². The van der Waals surface area contributed by atoms with Crippen LogP contribution < -0.4 is 16.6 Å². The number of ether oxygens (including phenoxy) is 1. The van der Waals surface area contributed by atoms with Crippen molar-refractivity contribution in [2.45, 2.75) is 38.9 Å². The first-order chi connectivity index (χ1) is 15.6. The second-order valence-corrected chi connectivity index (χ2v) is 9.33. The summed E-state index contributed by atoms with van der Waals surface area (Å²) in [4.78, 5) is 54.5. The molecular weight excluding hydrogens is 464 g/mol. The van der Waals surface area contributed by atoms with Crippen molar-refractivity contribution >= 4 is 56.8 Å². The normalized spacial score (nSPS) is 11.1. The van der Waals surface area contributed by atoms with Gasteiger partial charge in [-0.15, -0.1) is 11.3 Å². The maximum Gasteiger partial charge on any atom is 0.341 e. The number of nitrogens with two attached hydrogens (primary N) is 1. The summed E-state index contributed by atoms with van der Waals surface area (Å²) in [5.74, 6) is -1.84. The van der Waals surface area contributed by atoms with E-state index in [1.807, 2.05) is 13.8 Å². The molecule has 0 saturated heterocycles. The number of benzene rings is 1. The Morgan fingerprint density at radius 2 is 1.97 bits per heavy atom. The van der Waals surface area contributed by atoms with Crippen LogP contribution in [0.2, 0.25) is 0 Å². The lowest BCUT2D eigenvalue weighted by molar-refractivity contribution is -0.113. The van der Waals surface area contributed by atoms with Crippen LogP contribution >= 0.6 is 23.1 Å². The predicted octanol–water partition coefficient (Wildman–Crippen LogP) is 3.35. The first-order valence-corrected chi connectivity index (χ1v) is 12.0. The van der Waals surface area contributed by atoms with E-state index < -0.39 is 17.8 Å². The number of nitrogens with one attached hydrogen (secondary N) is 1. The zero-order valence-corrected chi connectivity index (χ0v) is 20.3. The van der Waals surface area contributed by atoms with Gasteiger partial charge < -0.3 is 15.8 Å². The maximum absolute atomic E-state index is 12.9. The van der Waals surface area contributed by atoms with E-state index in [1.54, 1.807) is 42.7 Å². The number of esters is 1. The molecule has 0 aliphatic rings. The van der Waals surface area contributed by atoms with Gasteiger partial charge in [-0.1, -0.05) is 23.9 Å². The fourth-order valence-electron chi connectivity index (χ4n) is 3.26. The minimum Gasteiger partial charge on any atom is -0.462 e. The van der Waals surface area contributed by atoms with Gasteiger partial charge in [0.1, 0.15) is 5.00 Å². The van der Waals surface area contributed by atoms with Gasteiger partial charge in [0.25, 0.3) is 11.5 Å². The van der Waals surface area contributed by atoms with Crippen LogP contribution in [0.25, 0.3) is 10.9 Å². The molecule has 0 unspecified atom stereocenters. The Hall–Kier alpha value is -3.18. The molecule has 0 bridgehead atoms. The number of fused-ring (bicyclic) bond motifs is 1. The van der Waals surface area contributed by atoms with Crippen LogP contribution in [0.1, 0.15) is 52.4 Å². The molecule has 0 spiro atoms. The number of rotatable bonds is 8. The van der Waals surface area contributed by atoms with Crippen molar-refractivity contribution in [3.05, 3.63) is 50.6 Å². The van der Waals surface area contributed by atoms with E-state index in [2.05, 4.69) is 10.3 Å². The lowest BCUT2D eigenvalue weighted by Gasteiger charge is -2.16. The zero-order valence-electron chi connectivity index (χ0n) is 18.6. The Balaban J connectivity index is 1.87. The quantitative estimate of drug-likeness (QED) is 0.282. The molecule has 0 fully saturated rings. The Morgan fingerprint density at radius 3 is 2.61 bits per heavy atom. The fraction of sp³-hybridized carbons (Fsp3) is 0.318. The number of aromatic nitrogens is 2. The van der Waals surface area contributed by atoms with Crippen LogP contribution in [0.4, 0.5) is 5.00 Å². The third-order valence-electron chi connectivity index (χ3n) is 4.73. The molecule has 0 radical (unpaired) electrons. The summed E-state index contributed by atoms with van der Waals surface area (Å²) in [6.07, 6.45) is 0. The number of anilines is 1. The van der Waals surface area contributed by atoms with Gasteiger partial charge in [0.15, 0.2) is 5.16 Å². The summed E-state index contributed by atoms with van der Waals surface area (Å²) in [5, 5.41) is 3.78. The first-order valence-electron chi connectivity index (χ1n) is 10.2. The van der Waals surface area contributed by atoms with Crippen molar-refractivity contribution in [2.75, 3.05) is 17.7 Å². The number of para-hydroxylation sites is 1. The van der Waals surface area contributed by atoms with Crippen molar-refractivity contribution in [1.82, 2.24) is 9.55 Å².